The lowest BCUT2D eigenvalue weighted by molar-refractivity contribution is 0.0655. The lowest BCUT2D eigenvalue weighted by atomic mass is 9.80. The molecular weight excluding hydrogens is 286 g/mol. The average Bonchev–Trinajstić information content (AvgIpc) is 2.53. The van der Waals surface area contributed by atoms with Crippen LogP contribution >= 0.6 is 0 Å². The van der Waals surface area contributed by atoms with E-state index in [-0.39, 0.29) is 17.1 Å². The molecule has 4 heteroatoms. The van der Waals surface area contributed by atoms with Crippen LogP contribution < -0.4 is 10.6 Å². The molecular formula is C19H31N3O. The maximum absolute atomic E-state index is 12.3. The summed E-state index contributed by atoms with van der Waals surface area (Å²) in [5.41, 5.74) is 1.12. The summed E-state index contributed by atoms with van der Waals surface area (Å²) in [5.74, 6) is 0. The van der Waals surface area contributed by atoms with E-state index in [2.05, 4.69) is 67.5 Å². The van der Waals surface area contributed by atoms with Gasteiger partial charge in [0.2, 0.25) is 0 Å². The van der Waals surface area contributed by atoms with Crippen molar-refractivity contribution in [2.75, 3.05) is 19.6 Å². The second-order valence-electron chi connectivity index (χ2n) is 7.49. The van der Waals surface area contributed by atoms with E-state index in [9.17, 15) is 4.79 Å². The van der Waals surface area contributed by atoms with Gasteiger partial charge in [0.15, 0.2) is 0 Å². The van der Waals surface area contributed by atoms with Gasteiger partial charge in [0.25, 0.3) is 0 Å². The zero-order valence-corrected chi connectivity index (χ0v) is 15.0. The molecule has 2 N–H and O–H groups in total. The molecule has 4 nitrogen and oxygen atoms in total. The maximum atomic E-state index is 12.3. The first kappa shape index (κ1) is 17.8. The number of hydrogen-bond donors (Lipinski definition) is 2. The fourth-order valence-electron chi connectivity index (χ4n) is 3.30. The Labute approximate surface area is 140 Å². The van der Waals surface area contributed by atoms with Crippen LogP contribution in [-0.2, 0) is 5.54 Å². The van der Waals surface area contributed by atoms with Gasteiger partial charge < -0.3 is 10.6 Å². The van der Waals surface area contributed by atoms with E-state index in [1.807, 2.05) is 6.07 Å². The van der Waals surface area contributed by atoms with Crippen LogP contribution in [0.4, 0.5) is 4.79 Å². The van der Waals surface area contributed by atoms with E-state index in [0.29, 0.717) is 6.54 Å². The fourth-order valence-corrected chi connectivity index (χ4v) is 3.30. The molecule has 23 heavy (non-hydrogen) atoms. The fraction of sp³-hybridized carbons (Fsp3) is 0.632. The first-order valence-corrected chi connectivity index (χ1v) is 8.74. The summed E-state index contributed by atoms with van der Waals surface area (Å²) in [4.78, 5) is 14.8. The molecule has 0 unspecified atom stereocenters. The number of amides is 2. The van der Waals surface area contributed by atoms with Gasteiger partial charge in [-0.25, -0.2) is 4.79 Å². The Morgan fingerprint density at radius 2 is 1.78 bits per heavy atom. The number of likely N-dealkylation sites (tertiary alicyclic amines) is 1. The molecule has 2 amide bonds. The number of carbonyl (C=O) groups excluding carboxylic acids is 1. The van der Waals surface area contributed by atoms with Crippen molar-refractivity contribution in [3.63, 3.8) is 0 Å². The summed E-state index contributed by atoms with van der Waals surface area (Å²) < 4.78 is 0. The summed E-state index contributed by atoms with van der Waals surface area (Å²) >= 11 is 0. The predicted octanol–water partition coefficient (Wildman–Crippen LogP) is 3.49. The Kier molecular flexibility index (Phi) is 5.69. The van der Waals surface area contributed by atoms with Crippen LogP contribution in [0.5, 0.6) is 0 Å². The highest BCUT2D eigenvalue weighted by molar-refractivity contribution is 5.75. The second-order valence-corrected chi connectivity index (χ2v) is 7.49. The largest absolute Gasteiger partial charge is 0.338 e. The Morgan fingerprint density at radius 1 is 1.17 bits per heavy atom. The minimum Gasteiger partial charge on any atom is -0.338 e. The van der Waals surface area contributed by atoms with Gasteiger partial charge in [-0.15, -0.1) is 0 Å². The highest BCUT2D eigenvalue weighted by Crippen LogP contribution is 2.35. The molecule has 1 saturated heterocycles. The van der Waals surface area contributed by atoms with E-state index < -0.39 is 0 Å². The number of hydrogen-bond acceptors (Lipinski definition) is 2. The summed E-state index contributed by atoms with van der Waals surface area (Å²) in [6.45, 7) is 11.5. The van der Waals surface area contributed by atoms with E-state index in [0.717, 1.165) is 32.4 Å². The van der Waals surface area contributed by atoms with Crippen molar-refractivity contribution < 1.29 is 4.79 Å². The lowest BCUT2D eigenvalue weighted by Crippen LogP contribution is -2.58. The number of nitrogens with one attached hydrogen (secondary N) is 2. The third-order valence-corrected chi connectivity index (χ3v) is 4.78. The second kappa shape index (κ2) is 7.35. The first-order chi connectivity index (χ1) is 10.9. The van der Waals surface area contributed by atoms with E-state index in [4.69, 9.17) is 0 Å². The predicted molar refractivity (Wildman–Crippen MR) is 95.5 cm³/mol. The molecule has 1 heterocycles. The van der Waals surface area contributed by atoms with Gasteiger partial charge in [-0.3, -0.25) is 4.90 Å². The number of piperidine rings is 1. The SMILES string of the molecule is CCCNC(=O)NC1(c2ccccc2)CCN(C(C)(C)C)CC1. The third kappa shape index (κ3) is 4.47. The number of rotatable bonds is 4. The molecule has 0 atom stereocenters. The van der Waals surface area contributed by atoms with Crippen LogP contribution in [0.25, 0.3) is 0 Å². The number of benzene rings is 1. The average molecular weight is 317 g/mol. The van der Waals surface area contributed by atoms with Crippen molar-refractivity contribution in [2.45, 2.75) is 58.0 Å². The Hall–Kier alpha value is -1.55. The lowest BCUT2D eigenvalue weighted by Gasteiger charge is -2.47. The topological polar surface area (TPSA) is 44.4 Å². The van der Waals surface area contributed by atoms with Gasteiger partial charge in [-0.05, 0) is 45.6 Å². The third-order valence-electron chi connectivity index (χ3n) is 4.78. The summed E-state index contributed by atoms with van der Waals surface area (Å²) in [5, 5.41) is 6.23. The Balaban J connectivity index is 2.16. The highest BCUT2D eigenvalue weighted by Gasteiger charge is 2.39. The standard InChI is InChI=1S/C19H31N3O/c1-5-13-20-17(23)21-19(16-9-7-6-8-10-16)11-14-22(15-12-19)18(2,3)4/h6-10H,5,11-15H2,1-4H3,(H2,20,21,23). The first-order valence-electron chi connectivity index (χ1n) is 8.74. The Morgan fingerprint density at radius 3 is 2.30 bits per heavy atom. The van der Waals surface area contributed by atoms with Crippen LogP contribution in [0.15, 0.2) is 30.3 Å². The Bertz CT molecular complexity index is 499. The van der Waals surface area contributed by atoms with E-state index in [1.54, 1.807) is 0 Å². The molecule has 0 radical (unpaired) electrons. The van der Waals surface area contributed by atoms with E-state index >= 15 is 0 Å². The van der Waals surface area contributed by atoms with Crippen molar-refractivity contribution >= 4 is 6.03 Å². The van der Waals surface area contributed by atoms with Crippen molar-refractivity contribution in [1.29, 1.82) is 0 Å². The van der Waals surface area contributed by atoms with Crippen LogP contribution in [0.3, 0.4) is 0 Å². The molecule has 1 aromatic rings. The van der Waals surface area contributed by atoms with Gasteiger partial charge in [0, 0.05) is 25.2 Å². The van der Waals surface area contributed by atoms with Crippen molar-refractivity contribution in [1.82, 2.24) is 15.5 Å². The quantitative estimate of drug-likeness (QED) is 0.893. The van der Waals surface area contributed by atoms with E-state index in [1.165, 1.54) is 5.56 Å². The van der Waals surface area contributed by atoms with Crippen LogP contribution in [0.2, 0.25) is 0 Å². The van der Waals surface area contributed by atoms with Crippen LogP contribution in [0.1, 0.15) is 52.5 Å². The monoisotopic (exact) mass is 317 g/mol. The van der Waals surface area contributed by atoms with Gasteiger partial charge in [-0.1, -0.05) is 37.3 Å². The minimum absolute atomic E-state index is 0.0556. The molecule has 128 valence electrons. The molecule has 0 aromatic heterocycles. The summed E-state index contributed by atoms with van der Waals surface area (Å²) in [6.07, 6.45) is 2.82. The molecule has 0 saturated carbocycles. The molecule has 0 aliphatic carbocycles. The number of nitrogens with zero attached hydrogens (tertiary/aromatic N) is 1. The van der Waals surface area contributed by atoms with Gasteiger partial charge in [0.05, 0.1) is 5.54 Å². The van der Waals surface area contributed by atoms with Gasteiger partial charge >= 0.3 is 6.03 Å². The molecule has 2 rings (SSSR count). The molecule has 1 aromatic carbocycles. The van der Waals surface area contributed by atoms with Crippen molar-refractivity contribution in [3.8, 4) is 0 Å². The summed E-state index contributed by atoms with van der Waals surface area (Å²) in [7, 11) is 0. The molecule has 0 bridgehead atoms. The summed E-state index contributed by atoms with van der Waals surface area (Å²) in [6, 6.07) is 10.3. The van der Waals surface area contributed by atoms with Crippen molar-refractivity contribution in [3.05, 3.63) is 35.9 Å². The normalized spacial score (nSPS) is 18.4. The van der Waals surface area contributed by atoms with Gasteiger partial charge in [0.1, 0.15) is 0 Å². The molecule has 0 spiro atoms. The molecule has 1 aliphatic rings. The molecule has 1 aliphatic heterocycles. The minimum atomic E-state index is -0.263. The van der Waals surface area contributed by atoms with Gasteiger partial charge in [-0.2, -0.15) is 0 Å². The van der Waals surface area contributed by atoms with Crippen LogP contribution in [0, 0.1) is 0 Å². The highest BCUT2D eigenvalue weighted by atomic mass is 16.2. The number of carbonyl (C=O) groups is 1. The molecule has 1 fully saturated rings. The van der Waals surface area contributed by atoms with Crippen molar-refractivity contribution in [2.24, 2.45) is 0 Å². The smallest absolute Gasteiger partial charge is 0.315 e. The zero-order valence-electron chi connectivity index (χ0n) is 15.0. The number of urea groups is 1. The maximum Gasteiger partial charge on any atom is 0.315 e. The zero-order chi connectivity index (χ0) is 16.9. The van der Waals surface area contributed by atoms with Crippen LogP contribution in [-0.4, -0.2) is 36.1 Å².